The Morgan fingerprint density at radius 1 is 0.481 bits per heavy atom. The quantitative estimate of drug-likeness (QED) is 0.273. The van der Waals surface area contributed by atoms with Crippen LogP contribution in [0.2, 0.25) is 0 Å². The minimum absolute atomic E-state index is 1.34. The van der Waals surface area contributed by atoms with E-state index in [9.17, 15) is 0 Å². The molecule has 6 rings (SSSR count). The van der Waals surface area contributed by atoms with Crippen molar-refractivity contribution in [1.82, 2.24) is 0 Å². The van der Waals surface area contributed by atoms with Gasteiger partial charge in [-0.1, -0.05) is 78.1 Å². The maximum atomic E-state index is 2.28. The first-order chi connectivity index (χ1) is 13.4. The Bertz CT molecular complexity index is 1330. The van der Waals surface area contributed by atoms with Crippen LogP contribution in [-0.4, -0.2) is 0 Å². The molecule has 0 fully saturated rings. The van der Waals surface area contributed by atoms with Crippen LogP contribution in [0.1, 0.15) is 0 Å². The Morgan fingerprint density at radius 3 is 2.07 bits per heavy atom. The Hall–Kier alpha value is -2.20. The van der Waals surface area contributed by atoms with Gasteiger partial charge in [0, 0.05) is 39.8 Å². The molecule has 0 saturated carbocycles. The lowest BCUT2D eigenvalue weighted by molar-refractivity contribution is 1.16. The van der Waals surface area contributed by atoms with Gasteiger partial charge >= 0.3 is 0 Å². The van der Waals surface area contributed by atoms with Crippen LogP contribution in [0.25, 0.3) is 31.3 Å². The lowest BCUT2D eigenvalue weighted by atomic mass is 9.99. The first-order valence-corrected chi connectivity index (χ1v) is 11.3. The van der Waals surface area contributed by atoms with Gasteiger partial charge in [-0.05, 0) is 41.5 Å². The van der Waals surface area contributed by atoms with Crippen LogP contribution in [0.3, 0.4) is 0 Å². The maximum Gasteiger partial charge on any atom is 0.0361 e. The van der Waals surface area contributed by atoms with E-state index in [-0.39, 0.29) is 0 Å². The number of hydrogen-bond acceptors (Lipinski definition) is 3. The number of rotatable bonds is 1. The number of thiophene rings is 1. The molecule has 1 aliphatic heterocycles. The second-order valence-corrected chi connectivity index (χ2v) is 9.78. The molecule has 1 aliphatic rings. The summed E-state index contributed by atoms with van der Waals surface area (Å²) >= 11 is 5.67. The predicted molar refractivity (Wildman–Crippen MR) is 119 cm³/mol. The van der Waals surface area contributed by atoms with Crippen molar-refractivity contribution in [2.45, 2.75) is 19.6 Å². The van der Waals surface area contributed by atoms with E-state index in [1.807, 2.05) is 34.9 Å². The molecule has 1 aromatic heterocycles. The maximum absolute atomic E-state index is 2.28. The van der Waals surface area contributed by atoms with Gasteiger partial charge in [0.25, 0.3) is 0 Å². The van der Waals surface area contributed by atoms with E-state index in [1.165, 1.54) is 50.9 Å². The molecule has 2 heterocycles. The molecule has 0 spiro atoms. The van der Waals surface area contributed by atoms with Gasteiger partial charge in [0.1, 0.15) is 0 Å². The van der Waals surface area contributed by atoms with Crippen LogP contribution in [0.5, 0.6) is 0 Å². The second kappa shape index (κ2) is 6.16. The number of benzene rings is 4. The summed E-state index contributed by atoms with van der Waals surface area (Å²) in [6.07, 6.45) is 0. The predicted octanol–water partition coefficient (Wildman–Crippen LogP) is 8.34. The standard InChI is InChI=1S/C24H14S3/c1-2-10-18-17(7-1)23-15(8-5-13-21(23)25-18)16-9-6-14-22-24(16)27-20-12-4-3-11-19(20)26-22/h1-14H. The average Bonchev–Trinajstić information content (AvgIpc) is 3.10. The second-order valence-electron chi connectivity index (χ2n) is 6.56. The molecule has 0 N–H and O–H groups in total. The van der Waals surface area contributed by atoms with Gasteiger partial charge in [-0.3, -0.25) is 0 Å². The third kappa shape index (κ3) is 2.46. The van der Waals surface area contributed by atoms with Gasteiger partial charge in [0.15, 0.2) is 0 Å². The van der Waals surface area contributed by atoms with Gasteiger partial charge in [-0.15, -0.1) is 11.3 Å². The molecule has 0 saturated heterocycles. The summed E-state index contributed by atoms with van der Waals surface area (Å²) in [7, 11) is 0. The minimum atomic E-state index is 1.34. The summed E-state index contributed by atoms with van der Waals surface area (Å²) in [4.78, 5) is 5.44. The van der Waals surface area contributed by atoms with Crippen molar-refractivity contribution in [3.8, 4) is 11.1 Å². The molecule has 128 valence electrons. The normalized spacial score (nSPS) is 12.9. The van der Waals surface area contributed by atoms with Gasteiger partial charge in [0.05, 0.1) is 0 Å². The first-order valence-electron chi connectivity index (χ1n) is 8.87. The molecule has 0 nitrogen and oxygen atoms in total. The molecular formula is C24H14S3. The van der Waals surface area contributed by atoms with Crippen molar-refractivity contribution in [3.63, 3.8) is 0 Å². The topological polar surface area (TPSA) is 0 Å². The van der Waals surface area contributed by atoms with E-state index < -0.39 is 0 Å². The smallest absolute Gasteiger partial charge is 0.0361 e. The van der Waals surface area contributed by atoms with Crippen LogP contribution < -0.4 is 0 Å². The first kappa shape index (κ1) is 15.8. The average molecular weight is 399 g/mol. The summed E-state index contributed by atoms with van der Waals surface area (Å²) < 4.78 is 2.72. The molecule has 4 aromatic carbocycles. The van der Waals surface area contributed by atoms with Gasteiger partial charge in [0.2, 0.25) is 0 Å². The van der Waals surface area contributed by atoms with Crippen molar-refractivity contribution in [1.29, 1.82) is 0 Å². The van der Waals surface area contributed by atoms with Crippen LogP contribution in [0.15, 0.2) is 105 Å². The highest BCUT2D eigenvalue weighted by atomic mass is 32.2. The van der Waals surface area contributed by atoms with Gasteiger partial charge in [-0.2, -0.15) is 0 Å². The lowest BCUT2D eigenvalue weighted by Crippen LogP contribution is -1.92. The zero-order valence-electron chi connectivity index (χ0n) is 14.3. The SMILES string of the molecule is c1ccc2c(c1)Sc1cccc(-c3cccc4sc5ccccc5c34)c1S2. The van der Waals surface area contributed by atoms with Crippen molar-refractivity contribution in [2.75, 3.05) is 0 Å². The van der Waals surface area contributed by atoms with Crippen LogP contribution in [0.4, 0.5) is 0 Å². The van der Waals surface area contributed by atoms with E-state index in [0.717, 1.165) is 0 Å². The molecule has 0 unspecified atom stereocenters. The Morgan fingerprint density at radius 2 is 1.15 bits per heavy atom. The third-order valence-electron chi connectivity index (χ3n) is 4.95. The largest absolute Gasteiger partial charge is 0.135 e. The Balaban J connectivity index is 1.64. The molecule has 5 aromatic rings. The van der Waals surface area contributed by atoms with Crippen LogP contribution in [-0.2, 0) is 0 Å². The molecule has 0 atom stereocenters. The van der Waals surface area contributed by atoms with Crippen LogP contribution >= 0.6 is 34.9 Å². The Kier molecular flexibility index (Phi) is 3.61. The number of fused-ring (bicyclic) bond motifs is 5. The fraction of sp³-hybridized carbons (Fsp3) is 0. The molecule has 0 aliphatic carbocycles. The zero-order valence-corrected chi connectivity index (χ0v) is 16.8. The third-order valence-corrected chi connectivity index (χ3v) is 8.70. The minimum Gasteiger partial charge on any atom is -0.135 e. The van der Waals surface area contributed by atoms with E-state index >= 15 is 0 Å². The molecular weight excluding hydrogens is 384 g/mol. The fourth-order valence-corrected chi connectivity index (χ4v) is 7.29. The summed E-state index contributed by atoms with van der Waals surface area (Å²) in [5.41, 5.74) is 2.68. The van der Waals surface area contributed by atoms with Crippen molar-refractivity contribution in [3.05, 3.63) is 84.9 Å². The van der Waals surface area contributed by atoms with Crippen molar-refractivity contribution < 1.29 is 0 Å². The molecule has 0 amide bonds. The summed E-state index contributed by atoms with van der Waals surface area (Å²) in [5.74, 6) is 0. The molecule has 3 heteroatoms. The highest BCUT2D eigenvalue weighted by Crippen LogP contribution is 2.52. The number of hydrogen-bond donors (Lipinski definition) is 0. The molecule has 0 radical (unpaired) electrons. The highest BCUT2D eigenvalue weighted by Gasteiger charge is 2.21. The lowest BCUT2D eigenvalue weighted by Gasteiger charge is -2.21. The van der Waals surface area contributed by atoms with E-state index in [0.29, 0.717) is 0 Å². The fourth-order valence-electron chi connectivity index (χ4n) is 3.76. The van der Waals surface area contributed by atoms with Crippen LogP contribution in [0, 0.1) is 0 Å². The van der Waals surface area contributed by atoms with Gasteiger partial charge < -0.3 is 0 Å². The molecule has 0 bridgehead atoms. The monoisotopic (exact) mass is 398 g/mol. The highest BCUT2D eigenvalue weighted by molar-refractivity contribution is 8.05. The van der Waals surface area contributed by atoms with Crippen molar-refractivity contribution >= 4 is 55.0 Å². The van der Waals surface area contributed by atoms with E-state index in [1.54, 1.807) is 0 Å². The molecule has 27 heavy (non-hydrogen) atoms. The summed E-state index contributed by atoms with van der Waals surface area (Å²) in [5, 5.41) is 2.75. The van der Waals surface area contributed by atoms with E-state index in [4.69, 9.17) is 0 Å². The summed E-state index contributed by atoms with van der Waals surface area (Å²) in [6.45, 7) is 0. The summed E-state index contributed by atoms with van der Waals surface area (Å²) in [6, 6.07) is 30.9. The van der Waals surface area contributed by atoms with Gasteiger partial charge in [-0.25, -0.2) is 0 Å². The van der Waals surface area contributed by atoms with E-state index in [2.05, 4.69) is 84.9 Å². The Labute approximate surface area is 170 Å². The van der Waals surface area contributed by atoms with Crippen molar-refractivity contribution in [2.24, 2.45) is 0 Å². The zero-order chi connectivity index (χ0) is 17.8.